The van der Waals surface area contributed by atoms with E-state index >= 15 is 0 Å². The number of aliphatic carboxylic acids is 1. The van der Waals surface area contributed by atoms with Gasteiger partial charge in [0, 0.05) is 32.4 Å². The van der Waals surface area contributed by atoms with E-state index < -0.39 is 12.0 Å². The molecule has 1 atom stereocenters. The highest BCUT2D eigenvalue weighted by Gasteiger charge is 2.20. The zero-order chi connectivity index (χ0) is 20.8. The predicted octanol–water partition coefficient (Wildman–Crippen LogP) is 0.348. The molecule has 0 saturated heterocycles. The van der Waals surface area contributed by atoms with Crippen LogP contribution in [-0.4, -0.2) is 48.0 Å². The van der Waals surface area contributed by atoms with Crippen LogP contribution in [0, 0.1) is 5.41 Å². The fraction of sp³-hybridized carbons (Fsp3) is 0.474. The van der Waals surface area contributed by atoms with E-state index in [1.165, 1.54) is 0 Å². The maximum atomic E-state index is 12.5. The fourth-order valence-corrected chi connectivity index (χ4v) is 2.53. The van der Waals surface area contributed by atoms with E-state index in [9.17, 15) is 14.4 Å². The van der Waals surface area contributed by atoms with E-state index in [2.05, 4.69) is 16.0 Å². The lowest BCUT2D eigenvalue weighted by atomic mass is 10.0. The molecular weight excluding hydrogens is 362 g/mol. The lowest BCUT2D eigenvalue weighted by Gasteiger charge is -2.19. The van der Waals surface area contributed by atoms with Crippen molar-refractivity contribution < 1.29 is 19.5 Å². The Balaban J connectivity index is 2.52. The van der Waals surface area contributed by atoms with Crippen LogP contribution in [0.2, 0.25) is 0 Å². The molecule has 0 bridgehead atoms. The number of rotatable bonds is 13. The number of amides is 2. The lowest BCUT2D eigenvalue weighted by Crippen LogP contribution is -2.48. The summed E-state index contributed by atoms with van der Waals surface area (Å²) in [5.41, 5.74) is 6.11. The molecule has 0 aliphatic rings. The summed E-state index contributed by atoms with van der Waals surface area (Å²) in [7, 11) is 0. The number of nitrogens with two attached hydrogens (primary N) is 1. The van der Waals surface area contributed by atoms with Gasteiger partial charge in [-0.2, -0.15) is 0 Å². The second-order valence-corrected chi connectivity index (χ2v) is 6.40. The SMILES string of the molecule is N=C(N)NCCCCC(=O)N[C@@H](Cc1ccccc1)C(=O)NCCCC(=O)O. The number of carboxylic acids is 1. The average molecular weight is 391 g/mol. The van der Waals surface area contributed by atoms with Crippen molar-refractivity contribution >= 4 is 23.7 Å². The molecule has 0 saturated carbocycles. The Morgan fingerprint density at radius 3 is 2.32 bits per heavy atom. The van der Waals surface area contributed by atoms with Crippen LogP contribution >= 0.6 is 0 Å². The van der Waals surface area contributed by atoms with Gasteiger partial charge in [-0.25, -0.2) is 0 Å². The van der Waals surface area contributed by atoms with Gasteiger partial charge >= 0.3 is 5.97 Å². The van der Waals surface area contributed by atoms with Crippen LogP contribution in [-0.2, 0) is 20.8 Å². The number of carboxylic acid groups (broad SMARTS) is 1. The summed E-state index contributed by atoms with van der Waals surface area (Å²) in [5, 5.41) is 23.8. The second kappa shape index (κ2) is 13.1. The highest BCUT2D eigenvalue weighted by Crippen LogP contribution is 2.05. The van der Waals surface area contributed by atoms with Crippen molar-refractivity contribution in [3.63, 3.8) is 0 Å². The summed E-state index contributed by atoms with van der Waals surface area (Å²) in [6, 6.07) is 8.63. The first-order chi connectivity index (χ1) is 13.4. The fourth-order valence-electron chi connectivity index (χ4n) is 2.53. The average Bonchev–Trinajstić information content (AvgIpc) is 2.64. The third-order valence-electron chi connectivity index (χ3n) is 3.95. The third kappa shape index (κ3) is 10.8. The molecule has 1 rings (SSSR count). The molecule has 0 aromatic heterocycles. The van der Waals surface area contributed by atoms with E-state index in [1.54, 1.807) is 0 Å². The van der Waals surface area contributed by atoms with Crippen molar-refractivity contribution in [1.29, 1.82) is 5.41 Å². The van der Waals surface area contributed by atoms with Crippen molar-refractivity contribution in [2.75, 3.05) is 13.1 Å². The molecule has 0 heterocycles. The molecule has 28 heavy (non-hydrogen) atoms. The summed E-state index contributed by atoms with van der Waals surface area (Å²) < 4.78 is 0. The van der Waals surface area contributed by atoms with E-state index in [1.807, 2.05) is 30.3 Å². The van der Waals surface area contributed by atoms with Crippen molar-refractivity contribution in [2.24, 2.45) is 5.73 Å². The smallest absolute Gasteiger partial charge is 0.303 e. The molecule has 9 heteroatoms. The van der Waals surface area contributed by atoms with Gasteiger partial charge in [-0.3, -0.25) is 19.8 Å². The number of guanidine groups is 1. The van der Waals surface area contributed by atoms with Crippen LogP contribution in [0.25, 0.3) is 0 Å². The number of benzene rings is 1. The van der Waals surface area contributed by atoms with Crippen LogP contribution in [0.4, 0.5) is 0 Å². The van der Waals surface area contributed by atoms with E-state index in [-0.39, 0.29) is 37.2 Å². The third-order valence-corrected chi connectivity index (χ3v) is 3.95. The standard InChI is InChI=1S/C19H29N5O4/c20-19(21)23-11-5-4-9-16(25)24-15(13-14-7-2-1-3-8-14)18(28)22-12-6-10-17(26)27/h1-3,7-8,15H,4-6,9-13H2,(H,22,28)(H,24,25)(H,26,27)(H4,20,21,23)/t15-/m0/s1. The van der Waals surface area contributed by atoms with Crippen LogP contribution in [0.5, 0.6) is 0 Å². The van der Waals surface area contributed by atoms with Gasteiger partial charge in [-0.05, 0) is 24.8 Å². The quantitative estimate of drug-likeness (QED) is 0.162. The van der Waals surface area contributed by atoms with Crippen LogP contribution in [0.15, 0.2) is 30.3 Å². The summed E-state index contributed by atoms with van der Waals surface area (Å²) in [4.78, 5) is 35.2. The van der Waals surface area contributed by atoms with Gasteiger partial charge in [-0.15, -0.1) is 0 Å². The zero-order valence-corrected chi connectivity index (χ0v) is 15.9. The minimum absolute atomic E-state index is 0.0235. The molecular formula is C19H29N5O4. The van der Waals surface area contributed by atoms with E-state index in [4.69, 9.17) is 16.2 Å². The molecule has 0 aliphatic carbocycles. The van der Waals surface area contributed by atoms with E-state index in [0.29, 0.717) is 32.2 Å². The highest BCUT2D eigenvalue weighted by atomic mass is 16.4. The first-order valence-electron chi connectivity index (χ1n) is 9.29. The Kier molecular flexibility index (Phi) is 10.8. The summed E-state index contributed by atoms with van der Waals surface area (Å²) >= 11 is 0. The maximum absolute atomic E-state index is 12.5. The minimum Gasteiger partial charge on any atom is -0.481 e. The number of hydrogen-bond acceptors (Lipinski definition) is 4. The van der Waals surface area contributed by atoms with Gasteiger partial charge in [0.15, 0.2) is 5.96 Å². The van der Waals surface area contributed by atoms with Crippen molar-refractivity contribution in [3.05, 3.63) is 35.9 Å². The van der Waals surface area contributed by atoms with Crippen LogP contribution in [0.3, 0.4) is 0 Å². The maximum Gasteiger partial charge on any atom is 0.303 e. The Hall–Kier alpha value is -3.10. The van der Waals surface area contributed by atoms with E-state index in [0.717, 1.165) is 5.56 Å². The Morgan fingerprint density at radius 2 is 1.68 bits per heavy atom. The second-order valence-electron chi connectivity index (χ2n) is 6.40. The molecule has 7 N–H and O–H groups in total. The summed E-state index contributed by atoms with van der Waals surface area (Å²) in [6.07, 6.45) is 2.20. The molecule has 1 aromatic rings. The summed E-state index contributed by atoms with van der Waals surface area (Å²) in [5.74, 6) is -1.58. The Bertz CT molecular complexity index is 651. The number of hydrogen-bond donors (Lipinski definition) is 6. The predicted molar refractivity (Wildman–Crippen MR) is 106 cm³/mol. The van der Waals surface area contributed by atoms with Crippen molar-refractivity contribution in [2.45, 2.75) is 44.6 Å². The minimum atomic E-state index is -0.914. The van der Waals surface area contributed by atoms with Crippen LogP contribution < -0.4 is 21.7 Å². The Labute approximate surface area is 164 Å². The van der Waals surface area contributed by atoms with Gasteiger partial charge in [0.05, 0.1) is 0 Å². The molecule has 154 valence electrons. The number of carbonyl (C=O) groups excluding carboxylic acids is 2. The molecule has 0 fully saturated rings. The number of carbonyl (C=O) groups is 3. The normalized spacial score (nSPS) is 11.3. The number of unbranched alkanes of at least 4 members (excludes halogenated alkanes) is 1. The Morgan fingerprint density at radius 1 is 1.00 bits per heavy atom. The first-order valence-corrected chi connectivity index (χ1v) is 9.29. The largest absolute Gasteiger partial charge is 0.481 e. The molecule has 0 unspecified atom stereocenters. The highest BCUT2D eigenvalue weighted by molar-refractivity contribution is 5.87. The first kappa shape index (κ1) is 22.9. The molecule has 0 spiro atoms. The lowest BCUT2D eigenvalue weighted by molar-refractivity contribution is -0.137. The van der Waals surface area contributed by atoms with Crippen molar-refractivity contribution in [1.82, 2.24) is 16.0 Å². The van der Waals surface area contributed by atoms with Gasteiger partial charge < -0.3 is 26.8 Å². The molecule has 2 amide bonds. The van der Waals surface area contributed by atoms with Gasteiger partial charge in [0.2, 0.25) is 11.8 Å². The monoisotopic (exact) mass is 391 g/mol. The van der Waals surface area contributed by atoms with Gasteiger partial charge in [-0.1, -0.05) is 30.3 Å². The van der Waals surface area contributed by atoms with Gasteiger partial charge in [0.1, 0.15) is 6.04 Å². The number of nitrogens with one attached hydrogen (secondary N) is 4. The molecule has 1 aromatic carbocycles. The topological polar surface area (TPSA) is 157 Å². The molecule has 9 nitrogen and oxygen atoms in total. The van der Waals surface area contributed by atoms with Crippen LogP contribution in [0.1, 0.15) is 37.7 Å². The molecule has 0 aliphatic heterocycles. The summed E-state index contributed by atoms with van der Waals surface area (Å²) in [6.45, 7) is 0.753. The zero-order valence-electron chi connectivity index (χ0n) is 15.9. The van der Waals surface area contributed by atoms with Crippen molar-refractivity contribution in [3.8, 4) is 0 Å². The molecule has 0 radical (unpaired) electrons. The van der Waals surface area contributed by atoms with Gasteiger partial charge in [0.25, 0.3) is 0 Å².